The molecule has 0 radical (unpaired) electrons. The van der Waals surface area contributed by atoms with Crippen molar-refractivity contribution in [3.63, 3.8) is 0 Å². The van der Waals surface area contributed by atoms with Gasteiger partial charge in [-0.3, -0.25) is 0 Å². The number of aryl methyl sites for hydroxylation is 2. The fraction of sp³-hybridized carbons (Fsp3) is 0.320. The second-order valence-corrected chi connectivity index (χ2v) is 7.91. The second-order valence-electron chi connectivity index (χ2n) is 7.91. The summed E-state index contributed by atoms with van der Waals surface area (Å²) in [7, 11) is 4.76. The molecule has 0 bridgehead atoms. The Balaban J connectivity index is 1.75. The van der Waals surface area contributed by atoms with E-state index in [1.807, 2.05) is 60.5 Å². The van der Waals surface area contributed by atoms with Crippen LogP contribution in [0.25, 0.3) is 0 Å². The molecule has 0 aliphatic carbocycles. The van der Waals surface area contributed by atoms with Crippen LogP contribution in [0.3, 0.4) is 0 Å². The predicted molar refractivity (Wildman–Crippen MR) is 124 cm³/mol. The average molecular weight is 436 g/mol. The first-order valence-corrected chi connectivity index (χ1v) is 10.6. The van der Waals surface area contributed by atoms with Crippen LogP contribution in [0.4, 0.5) is 10.5 Å². The van der Waals surface area contributed by atoms with E-state index in [9.17, 15) is 4.79 Å². The maximum absolute atomic E-state index is 13.4. The van der Waals surface area contributed by atoms with Crippen molar-refractivity contribution in [2.75, 3.05) is 33.2 Å². The number of amides is 2. The van der Waals surface area contributed by atoms with Crippen LogP contribution in [0, 0.1) is 13.8 Å². The van der Waals surface area contributed by atoms with E-state index in [1.165, 1.54) is 5.56 Å². The molecule has 4 rings (SSSR count). The Morgan fingerprint density at radius 1 is 0.938 bits per heavy atom. The summed E-state index contributed by atoms with van der Waals surface area (Å²) in [6.45, 7) is 5.39. The molecule has 1 aliphatic rings. The van der Waals surface area contributed by atoms with Gasteiger partial charge in [-0.05, 0) is 66.9 Å². The number of nitrogens with one attached hydrogen (secondary N) is 1. The lowest BCUT2D eigenvalue weighted by molar-refractivity contribution is 0.181. The Kier molecular flexibility index (Phi) is 5.99. The van der Waals surface area contributed by atoms with Crippen molar-refractivity contribution in [3.8, 4) is 17.2 Å². The van der Waals surface area contributed by atoms with Crippen molar-refractivity contribution in [1.82, 2.24) is 9.47 Å². The van der Waals surface area contributed by atoms with Gasteiger partial charge in [0.2, 0.25) is 5.75 Å². The molecule has 1 N–H and O–H groups in total. The number of ether oxygens (including phenoxy) is 3. The van der Waals surface area contributed by atoms with Gasteiger partial charge in [-0.25, -0.2) is 4.79 Å². The van der Waals surface area contributed by atoms with Crippen molar-refractivity contribution in [1.29, 1.82) is 0 Å². The van der Waals surface area contributed by atoms with Gasteiger partial charge in [0.1, 0.15) is 0 Å². The number of carbonyl (C=O) groups is 1. The number of fused-ring (bicyclic) bond motifs is 1. The van der Waals surface area contributed by atoms with Gasteiger partial charge in [0.25, 0.3) is 0 Å². The van der Waals surface area contributed by atoms with Crippen molar-refractivity contribution in [2.24, 2.45) is 0 Å². The van der Waals surface area contributed by atoms with E-state index in [1.54, 1.807) is 21.3 Å². The van der Waals surface area contributed by atoms with E-state index in [-0.39, 0.29) is 12.1 Å². The molecule has 1 aliphatic heterocycles. The summed E-state index contributed by atoms with van der Waals surface area (Å²) in [5.74, 6) is 1.64. The third-order valence-corrected chi connectivity index (χ3v) is 6.06. The first-order valence-electron chi connectivity index (χ1n) is 10.6. The van der Waals surface area contributed by atoms with Crippen molar-refractivity contribution in [3.05, 3.63) is 71.0 Å². The summed E-state index contributed by atoms with van der Waals surface area (Å²) in [5.41, 5.74) is 5.02. The maximum Gasteiger partial charge on any atom is 0.322 e. The standard InChI is InChI=1S/C25H29N3O4/c1-16-8-9-19(13-17(16)2)26-25(29)28-12-11-27-10-6-7-20(27)23(28)18-14-21(30-3)24(32-5)22(15-18)31-4/h6-10,13-15,23H,11-12H2,1-5H3,(H,26,29)/t23-/m1/s1. The predicted octanol–water partition coefficient (Wildman–Crippen LogP) is 4.77. The van der Waals surface area contributed by atoms with Crippen LogP contribution in [-0.2, 0) is 6.54 Å². The molecule has 1 atom stereocenters. The Morgan fingerprint density at radius 3 is 2.28 bits per heavy atom. The van der Waals surface area contributed by atoms with Crippen LogP contribution in [0.15, 0.2) is 48.7 Å². The van der Waals surface area contributed by atoms with Crippen LogP contribution >= 0.6 is 0 Å². The molecule has 0 spiro atoms. The molecule has 0 saturated heterocycles. The Bertz CT molecular complexity index is 1110. The third kappa shape index (κ3) is 3.86. The Labute approximate surface area is 188 Å². The number of anilines is 1. The maximum atomic E-state index is 13.4. The zero-order valence-electron chi connectivity index (χ0n) is 19.1. The average Bonchev–Trinajstić information content (AvgIpc) is 3.28. The minimum atomic E-state index is -0.306. The molecule has 0 fully saturated rings. The molecular weight excluding hydrogens is 406 g/mol. The van der Waals surface area contributed by atoms with E-state index in [0.717, 1.165) is 29.1 Å². The number of rotatable bonds is 5. The SMILES string of the molecule is COc1cc([C@@H]2c3cccn3CCN2C(=O)Nc2ccc(C)c(C)c2)cc(OC)c1OC. The number of urea groups is 1. The lowest BCUT2D eigenvalue weighted by Gasteiger charge is -2.37. The fourth-order valence-electron chi connectivity index (χ4n) is 4.23. The monoisotopic (exact) mass is 435 g/mol. The summed E-state index contributed by atoms with van der Waals surface area (Å²) in [5, 5.41) is 3.07. The summed E-state index contributed by atoms with van der Waals surface area (Å²) >= 11 is 0. The minimum absolute atomic E-state index is 0.153. The van der Waals surface area contributed by atoms with Gasteiger partial charge in [0, 0.05) is 30.7 Å². The number of methoxy groups -OCH3 is 3. The van der Waals surface area contributed by atoms with Crippen LogP contribution < -0.4 is 19.5 Å². The Morgan fingerprint density at radius 2 is 1.66 bits per heavy atom. The number of hydrogen-bond acceptors (Lipinski definition) is 4. The van der Waals surface area contributed by atoms with Gasteiger partial charge < -0.3 is 29.0 Å². The van der Waals surface area contributed by atoms with Crippen LogP contribution in [0.1, 0.15) is 28.4 Å². The molecular formula is C25H29N3O4. The van der Waals surface area contributed by atoms with Gasteiger partial charge in [0.05, 0.1) is 27.4 Å². The van der Waals surface area contributed by atoms with E-state index < -0.39 is 0 Å². The minimum Gasteiger partial charge on any atom is -0.493 e. The molecule has 3 aromatic rings. The molecule has 32 heavy (non-hydrogen) atoms. The van der Waals surface area contributed by atoms with Crippen LogP contribution in [0.2, 0.25) is 0 Å². The molecule has 168 valence electrons. The van der Waals surface area contributed by atoms with Crippen molar-refractivity contribution < 1.29 is 19.0 Å². The molecule has 1 aromatic heterocycles. The molecule has 2 heterocycles. The third-order valence-electron chi connectivity index (χ3n) is 6.06. The van der Waals surface area contributed by atoms with Crippen molar-refractivity contribution >= 4 is 11.7 Å². The highest BCUT2D eigenvalue weighted by Crippen LogP contribution is 2.43. The lowest BCUT2D eigenvalue weighted by atomic mass is 9.99. The molecule has 0 saturated carbocycles. The highest BCUT2D eigenvalue weighted by atomic mass is 16.5. The zero-order valence-corrected chi connectivity index (χ0v) is 19.1. The van der Waals surface area contributed by atoms with Crippen LogP contribution in [-0.4, -0.2) is 43.4 Å². The molecule has 2 aromatic carbocycles. The number of benzene rings is 2. The first kappa shape index (κ1) is 21.6. The zero-order chi connectivity index (χ0) is 22.8. The van der Waals surface area contributed by atoms with Crippen molar-refractivity contribution in [2.45, 2.75) is 26.4 Å². The van der Waals surface area contributed by atoms with Gasteiger partial charge in [0.15, 0.2) is 11.5 Å². The van der Waals surface area contributed by atoms with E-state index in [2.05, 4.69) is 16.8 Å². The number of carbonyl (C=O) groups excluding carboxylic acids is 1. The number of nitrogens with zero attached hydrogens (tertiary/aromatic N) is 2. The number of aromatic nitrogens is 1. The first-order chi connectivity index (χ1) is 15.5. The van der Waals surface area contributed by atoms with E-state index in [0.29, 0.717) is 23.8 Å². The largest absolute Gasteiger partial charge is 0.493 e. The number of hydrogen-bond donors (Lipinski definition) is 1. The van der Waals surface area contributed by atoms with Gasteiger partial charge in [-0.2, -0.15) is 0 Å². The fourth-order valence-corrected chi connectivity index (χ4v) is 4.23. The summed E-state index contributed by atoms with van der Waals surface area (Å²) in [6, 6.07) is 13.3. The summed E-state index contributed by atoms with van der Waals surface area (Å²) in [4.78, 5) is 15.3. The normalized spacial score (nSPS) is 15.2. The van der Waals surface area contributed by atoms with Gasteiger partial charge in [-0.15, -0.1) is 0 Å². The van der Waals surface area contributed by atoms with E-state index in [4.69, 9.17) is 14.2 Å². The molecule has 2 amide bonds. The second kappa shape index (κ2) is 8.86. The molecule has 7 nitrogen and oxygen atoms in total. The topological polar surface area (TPSA) is 65.0 Å². The lowest BCUT2D eigenvalue weighted by Crippen LogP contribution is -2.44. The van der Waals surface area contributed by atoms with Crippen LogP contribution in [0.5, 0.6) is 17.2 Å². The quantitative estimate of drug-likeness (QED) is 0.627. The van der Waals surface area contributed by atoms with Gasteiger partial charge in [-0.1, -0.05) is 6.07 Å². The smallest absolute Gasteiger partial charge is 0.322 e. The highest BCUT2D eigenvalue weighted by Gasteiger charge is 2.33. The Hall–Kier alpha value is -3.61. The highest BCUT2D eigenvalue weighted by molar-refractivity contribution is 5.90. The molecule has 7 heteroatoms. The summed E-state index contributed by atoms with van der Waals surface area (Å²) in [6.07, 6.45) is 2.04. The van der Waals surface area contributed by atoms with E-state index >= 15 is 0 Å². The molecule has 0 unspecified atom stereocenters. The van der Waals surface area contributed by atoms with Gasteiger partial charge >= 0.3 is 6.03 Å². The summed E-state index contributed by atoms with van der Waals surface area (Å²) < 4.78 is 18.8.